The molecule has 2 fully saturated rings. The molecule has 130 valence electrons. The van der Waals surface area contributed by atoms with Crippen molar-refractivity contribution < 1.29 is 9.59 Å². The molecule has 6 heteroatoms. The standard InChI is InChI=1S/C19H20ClN3O2/c1-13-15(17(20)23(21-13)14-7-3-2-4-8-14)12-22-16(24)11-19(18(22)25)9-5-6-10-19/h2-4,7-8H,5-6,9-12H2,1H3. The van der Waals surface area contributed by atoms with Crippen LogP contribution in [0.25, 0.3) is 5.69 Å². The van der Waals surface area contributed by atoms with E-state index in [1.54, 1.807) is 4.68 Å². The van der Waals surface area contributed by atoms with Crippen molar-refractivity contribution in [2.24, 2.45) is 5.41 Å². The van der Waals surface area contributed by atoms with E-state index in [4.69, 9.17) is 11.6 Å². The van der Waals surface area contributed by atoms with Crippen LogP contribution in [-0.2, 0) is 16.1 Å². The van der Waals surface area contributed by atoms with Crippen LogP contribution in [0.2, 0.25) is 5.15 Å². The van der Waals surface area contributed by atoms with Crippen LogP contribution in [0, 0.1) is 12.3 Å². The van der Waals surface area contributed by atoms with Gasteiger partial charge in [-0.2, -0.15) is 5.10 Å². The highest BCUT2D eigenvalue weighted by Gasteiger charge is 2.52. The second-order valence-corrected chi connectivity index (χ2v) is 7.41. The Balaban J connectivity index is 1.64. The summed E-state index contributed by atoms with van der Waals surface area (Å²) in [5, 5.41) is 4.95. The number of amides is 2. The largest absolute Gasteiger partial charge is 0.277 e. The molecule has 0 unspecified atom stereocenters. The first-order valence-electron chi connectivity index (χ1n) is 8.66. The molecule has 2 aromatic rings. The fraction of sp³-hybridized carbons (Fsp3) is 0.421. The summed E-state index contributed by atoms with van der Waals surface area (Å²) in [6.07, 6.45) is 4.04. The molecule has 4 rings (SSSR count). The average Bonchev–Trinajstić information content (AvgIpc) is 3.25. The van der Waals surface area contributed by atoms with E-state index in [1.807, 2.05) is 37.3 Å². The summed E-state index contributed by atoms with van der Waals surface area (Å²) in [6, 6.07) is 9.60. The number of para-hydroxylation sites is 1. The Labute approximate surface area is 151 Å². The average molecular weight is 358 g/mol. The van der Waals surface area contributed by atoms with Gasteiger partial charge in [0.25, 0.3) is 0 Å². The predicted molar refractivity (Wildman–Crippen MR) is 94.4 cm³/mol. The van der Waals surface area contributed by atoms with Gasteiger partial charge in [-0.05, 0) is 31.9 Å². The maximum atomic E-state index is 12.9. The number of nitrogens with zero attached hydrogens (tertiary/aromatic N) is 3. The second-order valence-electron chi connectivity index (χ2n) is 7.05. The van der Waals surface area contributed by atoms with E-state index in [2.05, 4.69) is 5.10 Å². The molecule has 1 aromatic heterocycles. The van der Waals surface area contributed by atoms with Crippen molar-refractivity contribution in [1.82, 2.24) is 14.7 Å². The Kier molecular flexibility index (Phi) is 3.91. The fourth-order valence-electron chi connectivity index (χ4n) is 4.07. The van der Waals surface area contributed by atoms with Gasteiger partial charge in [0, 0.05) is 12.0 Å². The van der Waals surface area contributed by atoms with Crippen LogP contribution < -0.4 is 0 Å². The minimum Gasteiger partial charge on any atom is -0.277 e. The van der Waals surface area contributed by atoms with E-state index in [1.165, 1.54) is 4.90 Å². The van der Waals surface area contributed by atoms with Crippen molar-refractivity contribution >= 4 is 23.4 Å². The Morgan fingerprint density at radius 1 is 1.16 bits per heavy atom. The van der Waals surface area contributed by atoms with Gasteiger partial charge in [0.2, 0.25) is 11.8 Å². The smallest absolute Gasteiger partial charge is 0.236 e. The molecule has 0 radical (unpaired) electrons. The lowest BCUT2D eigenvalue weighted by atomic mass is 9.84. The molecule has 0 atom stereocenters. The Bertz CT molecular complexity index is 838. The maximum Gasteiger partial charge on any atom is 0.236 e. The van der Waals surface area contributed by atoms with E-state index in [9.17, 15) is 9.59 Å². The lowest BCUT2D eigenvalue weighted by molar-refractivity contribution is -0.142. The number of hydrogen-bond acceptors (Lipinski definition) is 3. The summed E-state index contributed by atoms with van der Waals surface area (Å²) in [4.78, 5) is 26.7. The highest BCUT2D eigenvalue weighted by atomic mass is 35.5. The van der Waals surface area contributed by atoms with Gasteiger partial charge >= 0.3 is 0 Å². The zero-order valence-electron chi connectivity index (χ0n) is 14.2. The molecule has 1 saturated carbocycles. The molecule has 2 heterocycles. The first kappa shape index (κ1) is 16.3. The van der Waals surface area contributed by atoms with Crippen LogP contribution in [-0.4, -0.2) is 26.5 Å². The third-order valence-electron chi connectivity index (χ3n) is 5.49. The van der Waals surface area contributed by atoms with Gasteiger partial charge in [0.1, 0.15) is 5.15 Å². The number of benzene rings is 1. The second kappa shape index (κ2) is 5.99. The van der Waals surface area contributed by atoms with Crippen molar-refractivity contribution in [3.63, 3.8) is 0 Å². The number of aromatic nitrogens is 2. The van der Waals surface area contributed by atoms with Gasteiger partial charge in [-0.1, -0.05) is 42.6 Å². The topological polar surface area (TPSA) is 55.2 Å². The zero-order valence-corrected chi connectivity index (χ0v) is 14.9. The van der Waals surface area contributed by atoms with Crippen molar-refractivity contribution in [3.8, 4) is 5.69 Å². The third-order valence-corrected chi connectivity index (χ3v) is 5.88. The summed E-state index contributed by atoms with van der Waals surface area (Å²) in [5.74, 6) is -0.118. The van der Waals surface area contributed by atoms with E-state index in [0.717, 1.165) is 42.6 Å². The molecule has 1 aliphatic carbocycles. The highest BCUT2D eigenvalue weighted by Crippen LogP contribution is 2.47. The van der Waals surface area contributed by atoms with E-state index < -0.39 is 5.41 Å². The number of halogens is 1. The summed E-state index contributed by atoms with van der Waals surface area (Å²) < 4.78 is 1.66. The molecule has 1 saturated heterocycles. The van der Waals surface area contributed by atoms with Gasteiger partial charge in [-0.3, -0.25) is 14.5 Å². The quantitative estimate of drug-likeness (QED) is 0.788. The molecule has 0 N–H and O–H groups in total. The molecule has 5 nitrogen and oxygen atoms in total. The van der Waals surface area contributed by atoms with E-state index in [0.29, 0.717) is 11.6 Å². The van der Waals surface area contributed by atoms with Gasteiger partial charge in [0.15, 0.2) is 0 Å². The molecule has 25 heavy (non-hydrogen) atoms. The van der Waals surface area contributed by atoms with E-state index >= 15 is 0 Å². The van der Waals surface area contributed by atoms with Crippen LogP contribution in [0.15, 0.2) is 30.3 Å². The molecular weight excluding hydrogens is 338 g/mol. The first-order chi connectivity index (χ1) is 12.0. The Morgan fingerprint density at radius 2 is 1.84 bits per heavy atom. The maximum absolute atomic E-state index is 12.9. The van der Waals surface area contributed by atoms with Crippen molar-refractivity contribution in [3.05, 3.63) is 46.7 Å². The highest BCUT2D eigenvalue weighted by molar-refractivity contribution is 6.30. The molecule has 0 bridgehead atoms. The van der Waals surface area contributed by atoms with Crippen LogP contribution in [0.5, 0.6) is 0 Å². The Morgan fingerprint density at radius 3 is 2.52 bits per heavy atom. The van der Waals surface area contributed by atoms with E-state index in [-0.39, 0.29) is 18.4 Å². The van der Waals surface area contributed by atoms with Crippen LogP contribution in [0.1, 0.15) is 43.4 Å². The lowest BCUT2D eigenvalue weighted by Gasteiger charge is -2.20. The number of carbonyl (C=O) groups excluding carboxylic acids is 2. The molecule has 2 aliphatic rings. The monoisotopic (exact) mass is 357 g/mol. The number of aryl methyl sites for hydroxylation is 1. The van der Waals surface area contributed by atoms with Crippen molar-refractivity contribution in [1.29, 1.82) is 0 Å². The summed E-state index contributed by atoms with van der Waals surface area (Å²) >= 11 is 6.54. The van der Waals surface area contributed by atoms with Crippen LogP contribution >= 0.6 is 11.6 Å². The van der Waals surface area contributed by atoms with Crippen LogP contribution in [0.3, 0.4) is 0 Å². The number of hydrogen-bond donors (Lipinski definition) is 0. The SMILES string of the molecule is Cc1nn(-c2ccccc2)c(Cl)c1CN1C(=O)CC2(CCCC2)C1=O. The number of likely N-dealkylation sites (tertiary alicyclic amines) is 1. The number of carbonyl (C=O) groups is 2. The van der Waals surface area contributed by atoms with Gasteiger partial charge < -0.3 is 0 Å². The fourth-order valence-corrected chi connectivity index (χ4v) is 4.40. The molecule has 1 spiro atoms. The minimum atomic E-state index is -0.451. The first-order valence-corrected chi connectivity index (χ1v) is 9.04. The normalized spacial score (nSPS) is 19.4. The lowest BCUT2D eigenvalue weighted by Crippen LogP contribution is -2.34. The van der Waals surface area contributed by atoms with Gasteiger partial charge in [0.05, 0.1) is 23.3 Å². The summed E-state index contributed by atoms with van der Waals surface area (Å²) in [5.41, 5.74) is 1.88. The summed E-state index contributed by atoms with van der Waals surface area (Å²) in [6.45, 7) is 2.06. The van der Waals surface area contributed by atoms with Crippen molar-refractivity contribution in [2.75, 3.05) is 0 Å². The van der Waals surface area contributed by atoms with Gasteiger partial charge in [-0.15, -0.1) is 0 Å². The molecule has 1 aliphatic heterocycles. The Hall–Kier alpha value is -2.14. The summed E-state index contributed by atoms with van der Waals surface area (Å²) in [7, 11) is 0. The minimum absolute atomic E-state index is 0.0297. The zero-order chi connectivity index (χ0) is 17.6. The third kappa shape index (κ3) is 2.58. The molecule has 2 amide bonds. The number of rotatable bonds is 3. The van der Waals surface area contributed by atoms with Gasteiger partial charge in [-0.25, -0.2) is 4.68 Å². The molecular formula is C19H20ClN3O2. The predicted octanol–water partition coefficient (Wildman–Crippen LogP) is 3.65. The number of imide groups is 1. The van der Waals surface area contributed by atoms with Crippen LogP contribution in [0.4, 0.5) is 0 Å². The molecule has 1 aromatic carbocycles. The van der Waals surface area contributed by atoms with Crippen molar-refractivity contribution in [2.45, 2.75) is 45.6 Å².